The molecule has 0 spiro atoms. The number of aliphatic hydroxyl groups excluding tert-OH is 1. The van der Waals surface area contributed by atoms with Gasteiger partial charge in [-0.3, -0.25) is 4.79 Å². The predicted molar refractivity (Wildman–Crippen MR) is 67.6 cm³/mol. The summed E-state index contributed by atoms with van der Waals surface area (Å²) in [5.41, 5.74) is 5.80. The summed E-state index contributed by atoms with van der Waals surface area (Å²) >= 11 is 3.08. The van der Waals surface area contributed by atoms with Crippen molar-refractivity contribution in [1.82, 2.24) is 4.90 Å². The number of alkyl halides is 3. The van der Waals surface area contributed by atoms with Crippen LogP contribution in [0.15, 0.2) is 22.7 Å². The Hall–Kier alpha value is -1.28. The van der Waals surface area contributed by atoms with E-state index in [-0.39, 0.29) is 11.3 Å². The number of anilines is 1. The molecule has 0 bridgehead atoms. The molecule has 4 nitrogen and oxygen atoms in total. The van der Waals surface area contributed by atoms with E-state index in [0.29, 0.717) is 9.37 Å². The first-order valence-electron chi connectivity index (χ1n) is 5.26. The van der Waals surface area contributed by atoms with Gasteiger partial charge in [0.1, 0.15) is 6.54 Å². The number of nitrogens with two attached hydrogens (primary N) is 1. The quantitative estimate of drug-likeness (QED) is 0.824. The van der Waals surface area contributed by atoms with Gasteiger partial charge in [-0.05, 0) is 34.1 Å². The Kier molecular flexibility index (Phi) is 5.19. The zero-order valence-electron chi connectivity index (χ0n) is 9.75. The van der Waals surface area contributed by atoms with Gasteiger partial charge in [0.25, 0.3) is 5.91 Å². The van der Waals surface area contributed by atoms with Crippen LogP contribution in [0.25, 0.3) is 0 Å². The van der Waals surface area contributed by atoms with Crippen LogP contribution in [0.2, 0.25) is 0 Å². The van der Waals surface area contributed by atoms with E-state index in [9.17, 15) is 18.0 Å². The molecule has 0 atom stereocenters. The molecular weight excluding hydrogens is 329 g/mol. The Morgan fingerprint density at radius 1 is 1.42 bits per heavy atom. The van der Waals surface area contributed by atoms with Crippen LogP contribution in [-0.4, -0.2) is 41.8 Å². The molecule has 1 amide bonds. The van der Waals surface area contributed by atoms with E-state index in [1.807, 2.05) is 0 Å². The molecule has 0 heterocycles. The van der Waals surface area contributed by atoms with E-state index >= 15 is 0 Å². The molecule has 0 aliphatic heterocycles. The third-order valence-electron chi connectivity index (χ3n) is 2.25. The molecule has 0 aromatic heterocycles. The van der Waals surface area contributed by atoms with Crippen LogP contribution in [0.1, 0.15) is 10.4 Å². The van der Waals surface area contributed by atoms with Crippen molar-refractivity contribution in [2.75, 3.05) is 25.4 Å². The molecule has 3 N–H and O–H groups in total. The highest BCUT2D eigenvalue weighted by Gasteiger charge is 2.33. The summed E-state index contributed by atoms with van der Waals surface area (Å²) in [5, 5.41) is 8.76. The first-order valence-corrected chi connectivity index (χ1v) is 6.06. The molecular formula is C11H12BrF3N2O2. The van der Waals surface area contributed by atoms with Crippen LogP contribution in [0.3, 0.4) is 0 Å². The fraction of sp³-hybridized carbons (Fsp3) is 0.364. The highest BCUT2D eigenvalue weighted by Crippen LogP contribution is 2.23. The van der Waals surface area contributed by atoms with E-state index < -0.39 is 31.8 Å². The van der Waals surface area contributed by atoms with Gasteiger partial charge in [-0.25, -0.2) is 0 Å². The van der Waals surface area contributed by atoms with E-state index in [4.69, 9.17) is 10.8 Å². The molecule has 1 aromatic rings. The van der Waals surface area contributed by atoms with Crippen molar-refractivity contribution in [2.24, 2.45) is 0 Å². The van der Waals surface area contributed by atoms with Crippen LogP contribution < -0.4 is 5.73 Å². The summed E-state index contributed by atoms with van der Waals surface area (Å²) in [6.45, 7) is -2.38. The lowest BCUT2D eigenvalue weighted by Crippen LogP contribution is -2.40. The maximum absolute atomic E-state index is 12.4. The summed E-state index contributed by atoms with van der Waals surface area (Å²) in [4.78, 5) is 12.5. The molecule has 0 radical (unpaired) electrons. The zero-order chi connectivity index (χ0) is 14.6. The largest absolute Gasteiger partial charge is 0.406 e. The lowest BCUT2D eigenvalue weighted by atomic mass is 10.1. The molecule has 106 valence electrons. The van der Waals surface area contributed by atoms with Gasteiger partial charge in [0, 0.05) is 16.7 Å². The molecule has 0 fully saturated rings. The Morgan fingerprint density at radius 2 is 2.05 bits per heavy atom. The molecule has 0 saturated heterocycles. The van der Waals surface area contributed by atoms with E-state index in [2.05, 4.69) is 15.9 Å². The summed E-state index contributed by atoms with van der Waals surface area (Å²) in [6.07, 6.45) is -4.53. The van der Waals surface area contributed by atoms with Gasteiger partial charge < -0.3 is 15.7 Å². The maximum atomic E-state index is 12.4. The normalized spacial score (nSPS) is 11.4. The molecule has 0 saturated carbocycles. The monoisotopic (exact) mass is 340 g/mol. The average Bonchev–Trinajstić information content (AvgIpc) is 2.29. The topological polar surface area (TPSA) is 66.6 Å². The van der Waals surface area contributed by atoms with Gasteiger partial charge in [-0.15, -0.1) is 0 Å². The van der Waals surface area contributed by atoms with Crippen molar-refractivity contribution < 1.29 is 23.1 Å². The molecule has 0 unspecified atom stereocenters. The second-order valence-electron chi connectivity index (χ2n) is 3.80. The Bertz CT molecular complexity index is 466. The summed E-state index contributed by atoms with van der Waals surface area (Å²) in [5.74, 6) is -0.842. The Labute approximate surface area is 116 Å². The third-order valence-corrected chi connectivity index (χ3v) is 2.94. The lowest BCUT2D eigenvalue weighted by Gasteiger charge is -2.23. The standard InChI is InChI=1S/C11H12BrF3N2O2/c12-9-2-1-7(16)5-8(9)10(19)17(3-4-18)6-11(13,14)15/h1-2,5,18H,3-4,6,16H2. The summed E-state index contributed by atoms with van der Waals surface area (Å²) in [7, 11) is 0. The minimum Gasteiger partial charge on any atom is -0.399 e. The summed E-state index contributed by atoms with van der Waals surface area (Å²) < 4.78 is 37.5. The second kappa shape index (κ2) is 6.25. The average molecular weight is 341 g/mol. The van der Waals surface area contributed by atoms with E-state index in [1.54, 1.807) is 0 Å². The molecule has 8 heteroatoms. The zero-order valence-corrected chi connectivity index (χ0v) is 11.3. The van der Waals surface area contributed by atoms with Gasteiger partial charge in [-0.1, -0.05) is 0 Å². The van der Waals surface area contributed by atoms with Crippen molar-refractivity contribution in [2.45, 2.75) is 6.18 Å². The number of hydrogen-bond acceptors (Lipinski definition) is 3. The van der Waals surface area contributed by atoms with Crippen LogP contribution in [-0.2, 0) is 0 Å². The van der Waals surface area contributed by atoms with Crippen molar-refractivity contribution in [3.63, 3.8) is 0 Å². The number of rotatable bonds is 4. The second-order valence-corrected chi connectivity index (χ2v) is 4.66. The molecule has 0 aliphatic rings. The number of carbonyl (C=O) groups excluding carboxylic acids is 1. The van der Waals surface area contributed by atoms with Crippen LogP contribution in [0.4, 0.5) is 18.9 Å². The van der Waals surface area contributed by atoms with Crippen LogP contribution in [0, 0.1) is 0 Å². The van der Waals surface area contributed by atoms with Crippen molar-refractivity contribution in [1.29, 1.82) is 0 Å². The van der Waals surface area contributed by atoms with Gasteiger partial charge in [0.15, 0.2) is 0 Å². The number of carbonyl (C=O) groups is 1. The highest BCUT2D eigenvalue weighted by molar-refractivity contribution is 9.10. The number of aliphatic hydroxyl groups is 1. The number of halogens is 4. The number of nitrogen functional groups attached to an aromatic ring is 1. The van der Waals surface area contributed by atoms with Crippen molar-refractivity contribution in [3.8, 4) is 0 Å². The SMILES string of the molecule is Nc1ccc(Br)c(C(=O)N(CCO)CC(F)(F)F)c1. The first-order chi connectivity index (χ1) is 8.74. The third kappa shape index (κ3) is 4.71. The molecule has 19 heavy (non-hydrogen) atoms. The van der Waals surface area contributed by atoms with Crippen LogP contribution >= 0.6 is 15.9 Å². The fourth-order valence-electron chi connectivity index (χ4n) is 1.47. The molecule has 1 aromatic carbocycles. The minimum atomic E-state index is -4.53. The molecule has 0 aliphatic carbocycles. The van der Waals surface area contributed by atoms with Crippen molar-refractivity contribution in [3.05, 3.63) is 28.2 Å². The van der Waals surface area contributed by atoms with Gasteiger partial charge in [-0.2, -0.15) is 13.2 Å². The lowest BCUT2D eigenvalue weighted by molar-refractivity contribution is -0.141. The smallest absolute Gasteiger partial charge is 0.399 e. The first kappa shape index (κ1) is 15.8. The van der Waals surface area contributed by atoms with E-state index in [1.165, 1.54) is 18.2 Å². The maximum Gasteiger partial charge on any atom is 0.406 e. The Morgan fingerprint density at radius 3 is 2.58 bits per heavy atom. The minimum absolute atomic E-state index is 0.0256. The fourth-order valence-corrected chi connectivity index (χ4v) is 1.88. The number of amides is 1. The predicted octanol–water partition coefficient (Wildman–Crippen LogP) is 2.03. The van der Waals surface area contributed by atoms with Gasteiger partial charge >= 0.3 is 6.18 Å². The van der Waals surface area contributed by atoms with Crippen LogP contribution in [0.5, 0.6) is 0 Å². The molecule has 1 rings (SSSR count). The number of benzene rings is 1. The van der Waals surface area contributed by atoms with Gasteiger partial charge in [0.2, 0.25) is 0 Å². The van der Waals surface area contributed by atoms with Crippen molar-refractivity contribution >= 4 is 27.5 Å². The highest BCUT2D eigenvalue weighted by atomic mass is 79.9. The Balaban J connectivity index is 3.02. The van der Waals surface area contributed by atoms with E-state index in [0.717, 1.165) is 0 Å². The van der Waals surface area contributed by atoms with Gasteiger partial charge in [0.05, 0.1) is 12.2 Å². The summed E-state index contributed by atoms with van der Waals surface area (Å²) in [6, 6.07) is 4.28. The number of nitrogens with zero attached hydrogens (tertiary/aromatic N) is 1. The number of hydrogen-bond donors (Lipinski definition) is 2.